The molecule has 206 valence electrons. The van der Waals surface area contributed by atoms with E-state index in [1.807, 2.05) is 0 Å². The van der Waals surface area contributed by atoms with Gasteiger partial charge in [-0.05, 0) is 75.5 Å². The molecule has 0 radical (unpaired) electrons. The third-order valence-corrected chi connectivity index (χ3v) is 5.68. The minimum absolute atomic E-state index is 0.835. The molecule has 0 aliphatic heterocycles. The Kier molecular flexibility index (Phi) is 24.4. The minimum Gasteiger partial charge on any atom is -0.481 e. The van der Waals surface area contributed by atoms with E-state index in [1.165, 1.54) is 51.9 Å². The number of hydrogen-bond donors (Lipinski definition) is 5. The highest BCUT2D eigenvalue weighted by Gasteiger charge is 2.33. The predicted octanol–water partition coefficient (Wildman–Crippen LogP) is 4.14. The lowest BCUT2D eigenvalue weighted by Crippen LogP contribution is -2.31. The zero-order chi connectivity index (χ0) is 27.3. The van der Waals surface area contributed by atoms with Crippen LogP contribution in [0.4, 0.5) is 0 Å². The van der Waals surface area contributed by atoms with Gasteiger partial charge in [0, 0.05) is 0 Å². The van der Waals surface area contributed by atoms with Crippen LogP contribution in [-0.2, 0) is 19.7 Å². The molecule has 0 amide bonds. The maximum atomic E-state index is 10.2. The number of carboxylic acid groups (broad SMARTS) is 2. The molecular formula is C24H52N2O7S. The van der Waals surface area contributed by atoms with E-state index in [4.69, 9.17) is 14.8 Å². The summed E-state index contributed by atoms with van der Waals surface area (Å²) in [4.78, 5) is 20.0. The summed E-state index contributed by atoms with van der Waals surface area (Å²) in [6, 6.07) is 0. The number of carbonyl (C=O) groups is 2. The van der Waals surface area contributed by atoms with Crippen molar-refractivity contribution in [3.8, 4) is 0 Å². The van der Waals surface area contributed by atoms with E-state index in [9.17, 15) is 18.0 Å². The summed E-state index contributed by atoms with van der Waals surface area (Å²) in [7, 11) is -4.84. The molecule has 0 aliphatic rings. The van der Waals surface area contributed by atoms with Crippen LogP contribution in [-0.4, -0.2) is 66.6 Å². The molecule has 0 saturated heterocycles. The molecule has 0 bridgehead atoms. The van der Waals surface area contributed by atoms with Crippen molar-refractivity contribution in [1.29, 1.82) is 0 Å². The van der Waals surface area contributed by atoms with Gasteiger partial charge in [-0.2, -0.15) is 8.42 Å². The van der Waals surface area contributed by atoms with Gasteiger partial charge in [0.2, 0.25) is 0 Å². The Bertz CT molecular complexity index is 564. The minimum atomic E-state index is -4.84. The summed E-state index contributed by atoms with van der Waals surface area (Å²) in [5.41, 5.74) is 0. The average molecular weight is 513 g/mol. The van der Waals surface area contributed by atoms with Gasteiger partial charge < -0.3 is 20.8 Å². The fourth-order valence-electron chi connectivity index (χ4n) is 2.29. The Labute approximate surface area is 208 Å². The van der Waals surface area contributed by atoms with Crippen LogP contribution >= 0.6 is 0 Å². The molecule has 1 unspecified atom stereocenters. The van der Waals surface area contributed by atoms with Crippen molar-refractivity contribution in [2.24, 2.45) is 23.7 Å². The van der Waals surface area contributed by atoms with E-state index >= 15 is 0 Å². The maximum Gasteiger partial charge on any atom is 0.325 e. The van der Waals surface area contributed by atoms with Crippen molar-refractivity contribution in [2.45, 2.75) is 92.7 Å². The quantitative estimate of drug-likeness (QED) is 0.152. The average Bonchev–Trinajstić information content (AvgIpc) is 2.64. The summed E-state index contributed by atoms with van der Waals surface area (Å²) in [5.74, 6) is -0.161. The molecule has 0 rings (SSSR count). The molecule has 0 heterocycles. The fraction of sp³-hybridized carbons (Fsp3) is 0.917. The van der Waals surface area contributed by atoms with Crippen LogP contribution in [0.25, 0.3) is 0 Å². The molecule has 1 atom stereocenters. The maximum absolute atomic E-state index is 10.2. The molecule has 0 aromatic rings. The molecule has 0 aromatic carbocycles. The van der Waals surface area contributed by atoms with Crippen molar-refractivity contribution in [3.05, 3.63) is 0 Å². The van der Waals surface area contributed by atoms with E-state index in [0.717, 1.165) is 23.7 Å². The van der Waals surface area contributed by atoms with Gasteiger partial charge in [0.05, 0.1) is 6.42 Å². The van der Waals surface area contributed by atoms with Crippen LogP contribution in [0.2, 0.25) is 0 Å². The van der Waals surface area contributed by atoms with Crippen molar-refractivity contribution in [2.75, 3.05) is 26.2 Å². The summed E-state index contributed by atoms with van der Waals surface area (Å²) in [6.07, 6.45) is 4.06. The fourth-order valence-corrected chi connectivity index (χ4v) is 2.90. The predicted molar refractivity (Wildman–Crippen MR) is 139 cm³/mol. The summed E-state index contributed by atoms with van der Waals surface area (Å²) in [6.45, 7) is 22.9. The Morgan fingerprint density at radius 2 is 0.912 bits per heavy atom. The topological polar surface area (TPSA) is 153 Å². The van der Waals surface area contributed by atoms with Gasteiger partial charge in [0.25, 0.3) is 10.1 Å². The van der Waals surface area contributed by atoms with Gasteiger partial charge in [-0.15, -0.1) is 0 Å². The SMILES string of the molecule is CC(C)CCNCCC(C)C.CC(C)CCNCCC(C)C.O=C(O)CC(C(=O)O)S(=O)(=O)O. The first kappa shape index (κ1) is 37.3. The van der Waals surface area contributed by atoms with E-state index in [-0.39, 0.29) is 0 Å². The van der Waals surface area contributed by atoms with Gasteiger partial charge in [0.1, 0.15) is 0 Å². The van der Waals surface area contributed by atoms with Crippen molar-refractivity contribution >= 4 is 22.1 Å². The van der Waals surface area contributed by atoms with Gasteiger partial charge in [-0.25, -0.2) is 0 Å². The molecule has 10 heteroatoms. The molecule has 34 heavy (non-hydrogen) atoms. The smallest absolute Gasteiger partial charge is 0.325 e. The summed E-state index contributed by atoms with van der Waals surface area (Å²) in [5, 5.41) is 20.8. The van der Waals surface area contributed by atoms with Crippen molar-refractivity contribution < 1.29 is 32.8 Å². The van der Waals surface area contributed by atoms with Crippen LogP contribution in [0.5, 0.6) is 0 Å². The standard InChI is InChI=1S/2C10H23N.C4H6O7S/c2*1-9(2)5-7-11-8-6-10(3)4;5-3(6)1-2(4(7)8)12(9,10)11/h2*9-11H,5-8H2,1-4H3;2H,1H2,(H,5,6)(H,7,8)(H,9,10,11). The normalized spacial score (nSPS) is 12.3. The lowest BCUT2D eigenvalue weighted by molar-refractivity contribution is -0.143. The number of hydrogen-bond acceptors (Lipinski definition) is 6. The van der Waals surface area contributed by atoms with E-state index in [0.29, 0.717) is 0 Å². The first-order chi connectivity index (χ1) is 15.5. The van der Waals surface area contributed by atoms with Crippen LogP contribution in [0.3, 0.4) is 0 Å². The number of aliphatic carboxylic acids is 2. The zero-order valence-corrected chi connectivity index (χ0v) is 23.5. The van der Waals surface area contributed by atoms with Gasteiger partial charge in [0.15, 0.2) is 5.25 Å². The number of carboxylic acids is 2. The van der Waals surface area contributed by atoms with Crippen LogP contribution in [0.15, 0.2) is 0 Å². The molecule has 0 aliphatic carbocycles. The number of rotatable bonds is 16. The number of nitrogens with one attached hydrogen (secondary N) is 2. The van der Waals surface area contributed by atoms with E-state index in [2.05, 4.69) is 66.0 Å². The van der Waals surface area contributed by atoms with E-state index < -0.39 is 33.7 Å². The Morgan fingerprint density at radius 3 is 1.03 bits per heavy atom. The van der Waals surface area contributed by atoms with Gasteiger partial charge in [-0.3, -0.25) is 14.1 Å². The summed E-state index contributed by atoms with van der Waals surface area (Å²) >= 11 is 0. The van der Waals surface area contributed by atoms with Crippen LogP contribution in [0.1, 0.15) is 87.5 Å². The van der Waals surface area contributed by atoms with Crippen molar-refractivity contribution in [3.63, 3.8) is 0 Å². The second kappa shape index (κ2) is 22.2. The Hall–Kier alpha value is -1.23. The first-order valence-corrected chi connectivity index (χ1v) is 13.8. The Balaban J connectivity index is -0.000000425. The second-order valence-corrected chi connectivity index (χ2v) is 11.8. The molecular weight excluding hydrogens is 460 g/mol. The zero-order valence-electron chi connectivity index (χ0n) is 22.6. The lowest BCUT2D eigenvalue weighted by Gasteiger charge is -2.07. The monoisotopic (exact) mass is 512 g/mol. The van der Waals surface area contributed by atoms with Crippen LogP contribution in [0, 0.1) is 23.7 Å². The molecule has 0 spiro atoms. The molecule has 9 nitrogen and oxygen atoms in total. The molecule has 5 N–H and O–H groups in total. The van der Waals surface area contributed by atoms with Crippen molar-refractivity contribution in [1.82, 2.24) is 10.6 Å². The van der Waals surface area contributed by atoms with Gasteiger partial charge >= 0.3 is 11.9 Å². The highest BCUT2D eigenvalue weighted by molar-refractivity contribution is 7.87. The Morgan fingerprint density at radius 1 is 0.647 bits per heavy atom. The highest BCUT2D eigenvalue weighted by Crippen LogP contribution is 2.04. The molecule has 0 aromatic heterocycles. The largest absolute Gasteiger partial charge is 0.481 e. The first-order valence-electron chi connectivity index (χ1n) is 12.3. The molecule has 0 saturated carbocycles. The van der Waals surface area contributed by atoms with Crippen LogP contribution < -0.4 is 10.6 Å². The van der Waals surface area contributed by atoms with Gasteiger partial charge in [-0.1, -0.05) is 55.4 Å². The third kappa shape index (κ3) is 32.9. The summed E-state index contributed by atoms with van der Waals surface area (Å²) < 4.78 is 28.7. The van der Waals surface area contributed by atoms with E-state index in [1.54, 1.807) is 0 Å². The third-order valence-electron chi connectivity index (χ3n) is 4.59. The second-order valence-electron chi connectivity index (χ2n) is 10.2. The highest BCUT2D eigenvalue weighted by atomic mass is 32.2. The lowest BCUT2D eigenvalue weighted by atomic mass is 10.1. The molecule has 0 fully saturated rings.